The Morgan fingerprint density at radius 1 is 1.04 bits per heavy atom. The zero-order chi connectivity index (χ0) is 18.3. The first-order chi connectivity index (χ1) is 12.3. The molecule has 5 rings (SSSR count). The largest absolute Gasteiger partial charge is 0.465 e. The van der Waals surface area contributed by atoms with Crippen LogP contribution in [-0.2, 0) is 14.3 Å². The lowest BCUT2D eigenvalue weighted by molar-refractivity contribution is -0.158. The van der Waals surface area contributed by atoms with Gasteiger partial charge in [-0.15, -0.1) is 0 Å². The normalized spacial score (nSPS) is 53.0. The summed E-state index contributed by atoms with van der Waals surface area (Å²) < 4.78 is 5.50. The zero-order valence-electron chi connectivity index (χ0n) is 16.5. The molecule has 0 bridgehead atoms. The third kappa shape index (κ3) is 1.85. The number of carbonyl (C=O) groups is 2. The van der Waals surface area contributed by atoms with Crippen molar-refractivity contribution in [3.8, 4) is 0 Å². The lowest BCUT2D eigenvalue weighted by Gasteiger charge is -2.61. The molecule has 5 aliphatic rings. The van der Waals surface area contributed by atoms with Gasteiger partial charge in [0, 0.05) is 6.42 Å². The standard InChI is InChI=1S/C23H32O3/c1-14-12-15-13-16(24)4-7-21(15,2)17-5-8-22(3)18(19(14)17)6-9-23(22)10-11-26-20(23)25/h13-14,17-19H,4-12H2,1-3H3/t14?,17-,18?,19?,21+,22+,23?/m0/s1. The number of esters is 1. The molecule has 1 aliphatic heterocycles. The van der Waals surface area contributed by atoms with Gasteiger partial charge in [0.15, 0.2) is 5.78 Å². The van der Waals surface area contributed by atoms with E-state index in [0.717, 1.165) is 38.5 Å². The Labute approximate surface area is 156 Å². The van der Waals surface area contributed by atoms with E-state index >= 15 is 0 Å². The van der Waals surface area contributed by atoms with E-state index in [1.807, 2.05) is 6.08 Å². The van der Waals surface area contributed by atoms with Crippen molar-refractivity contribution in [1.29, 1.82) is 0 Å². The zero-order valence-corrected chi connectivity index (χ0v) is 16.5. The van der Waals surface area contributed by atoms with E-state index in [1.54, 1.807) is 0 Å². The molecule has 0 N–H and O–H groups in total. The van der Waals surface area contributed by atoms with Gasteiger partial charge < -0.3 is 4.74 Å². The summed E-state index contributed by atoms with van der Waals surface area (Å²) in [6, 6.07) is 0. The number of fused-ring (bicyclic) bond motifs is 6. The molecule has 0 radical (unpaired) electrons. The average molecular weight is 357 g/mol. The van der Waals surface area contributed by atoms with Gasteiger partial charge in [0.25, 0.3) is 0 Å². The van der Waals surface area contributed by atoms with Crippen LogP contribution >= 0.6 is 0 Å². The van der Waals surface area contributed by atoms with Gasteiger partial charge in [-0.25, -0.2) is 0 Å². The van der Waals surface area contributed by atoms with Crippen molar-refractivity contribution in [2.45, 2.75) is 72.1 Å². The van der Waals surface area contributed by atoms with Gasteiger partial charge in [-0.3, -0.25) is 9.59 Å². The van der Waals surface area contributed by atoms with Crippen LogP contribution < -0.4 is 0 Å². The lowest BCUT2D eigenvalue weighted by Crippen LogP contribution is -2.55. The highest BCUT2D eigenvalue weighted by molar-refractivity contribution is 5.91. The molecular formula is C23H32O3. The summed E-state index contributed by atoms with van der Waals surface area (Å²) in [6.45, 7) is 7.88. The van der Waals surface area contributed by atoms with E-state index in [1.165, 1.54) is 18.4 Å². The third-order valence-electron chi connectivity index (χ3n) is 9.83. The summed E-state index contributed by atoms with van der Waals surface area (Å²) in [5.41, 5.74) is 1.54. The van der Waals surface area contributed by atoms with Crippen LogP contribution in [0.2, 0.25) is 0 Å². The number of rotatable bonds is 0. The van der Waals surface area contributed by atoms with Crippen molar-refractivity contribution in [2.24, 2.45) is 39.9 Å². The first-order valence-electron chi connectivity index (χ1n) is 10.7. The van der Waals surface area contributed by atoms with E-state index in [4.69, 9.17) is 4.74 Å². The van der Waals surface area contributed by atoms with Crippen molar-refractivity contribution >= 4 is 11.8 Å². The smallest absolute Gasteiger partial charge is 0.312 e. The molecular weight excluding hydrogens is 324 g/mol. The van der Waals surface area contributed by atoms with Gasteiger partial charge in [-0.2, -0.15) is 0 Å². The van der Waals surface area contributed by atoms with Gasteiger partial charge >= 0.3 is 5.97 Å². The lowest BCUT2D eigenvalue weighted by atomic mass is 9.43. The van der Waals surface area contributed by atoms with Crippen molar-refractivity contribution in [3.05, 3.63) is 11.6 Å². The Kier molecular flexibility index (Phi) is 3.42. The summed E-state index contributed by atoms with van der Waals surface area (Å²) in [5, 5.41) is 0. The van der Waals surface area contributed by atoms with E-state index in [9.17, 15) is 9.59 Å². The highest BCUT2D eigenvalue weighted by Gasteiger charge is 2.69. The Balaban J connectivity index is 1.55. The summed E-state index contributed by atoms with van der Waals surface area (Å²) in [7, 11) is 0. The molecule has 1 heterocycles. The fourth-order valence-electron chi connectivity index (χ4n) is 8.34. The second-order valence-corrected chi connectivity index (χ2v) is 10.5. The quantitative estimate of drug-likeness (QED) is 0.591. The van der Waals surface area contributed by atoms with Crippen LogP contribution in [0.25, 0.3) is 0 Å². The predicted octanol–water partition coefficient (Wildman–Crippen LogP) is 4.70. The number of hydrogen-bond donors (Lipinski definition) is 0. The second-order valence-electron chi connectivity index (χ2n) is 10.5. The monoisotopic (exact) mass is 356 g/mol. The maximum Gasteiger partial charge on any atom is 0.312 e. The van der Waals surface area contributed by atoms with E-state index < -0.39 is 0 Å². The minimum atomic E-state index is -0.206. The molecule has 3 nitrogen and oxygen atoms in total. The summed E-state index contributed by atoms with van der Waals surface area (Å²) in [6.07, 6.45) is 10.3. The summed E-state index contributed by atoms with van der Waals surface area (Å²) >= 11 is 0. The molecule has 4 unspecified atom stereocenters. The Hall–Kier alpha value is -1.12. The molecule has 0 amide bonds. The van der Waals surface area contributed by atoms with E-state index in [0.29, 0.717) is 36.1 Å². The van der Waals surface area contributed by atoms with Crippen molar-refractivity contribution in [3.63, 3.8) is 0 Å². The molecule has 0 aromatic carbocycles. The minimum Gasteiger partial charge on any atom is -0.465 e. The molecule has 3 saturated carbocycles. The van der Waals surface area contributed by atoms with Gasteiger partial charge in [-0.1, -0.05) is 26.3 Å². The van der Waals surface area contributed by atoms with Crippen molar-refractivity contribution < 1.29 is 14.3 Å². The molecule has 1 saturated heterocycles. The number of carbonyl (C=O) groups excluding carboxylic acids is 2. The molecule has 4 fully saturated rings. The van der Waals surface area contributed by atoms with Crippen LogP contribution in [0.15, 0.2) is 11.6 Å². The number of allylic oxidation sites excluding steroid dienone is 1. The molecule has 0 aromatic rings. The van der Waals surface area contributed by atoms with Gasteiger partial charge in [0.1, 0.15) is 0 Å². The van der Waals surface area contributed by atoms with Gasteiger partial charge in [-0.05, 0) is 85.5 Å². The second kappa shape index (κ2) is 5.23. The third-order valence-corrected chi connectivity index (χ3v) is 9.83. The molecule has 1 spiro atoms. The van der Waals surface area contributed by atoms with Crippen LogP contribution in [0, 0.1) is 39.9 Å². The molecule has 7 atom stereocenters. The fraction of sp³-hybridized carbons (Fsp3) is 0.826. The van der Waals surface area contributed by atoms with Crippen LogP contribution in [0.3, 0.4) is 0 Å². The molecule has 0 aromatic heterocycles. The Morgan fingerprint density at radius 3 is 2.54 bits per heavy atom. The Morgan fingerprint density at radius 2 is 1.81 bits per heavy atom. The minimum absolute atomic E-state index is 0.0967. The molecule has 26 heavy (non-hydrogen) atoms. The highest BCUT2D eigenvalue weighted by Crippen LogP contribution is 2.72. The number of ketones is 1. The predicted molar refractivity (Wildman–Crippen MR) is 99.3 cm³/mol. The molecule has 3 heteroatoms. The van der Waals surface area contributed by atoms with Crippen molar-refractivity contribution in [1.82, 2.24) is 0 Å². The fourth-order valence-corrected chi connectivity index (χ4v) is 8.34. The number of cyclic esters (lactones) is 1. The number of hydrogen-bond acceptors (Lipinski definition) is 3. The highest BCUT2D eigenvalue weighted by atomic mass is 16.5. The average Bonchev–Trinajstić information content (AvgIpc) is 3.12. The van der Waals surface area contributed by atoms with Crippen LogP contribution in [-0.4, -0.2) is 18.4 Å². The van der Waals surface area contributed by atoms with E-state index in [-0.39, 0.29) is 22.2 Å². The van der Waals surface area contributed by atoms with Crippen LogP contribution in [0.5, 0.6) is 0 Å². The first kappa shape index (κ1) is 17.0. The maximum atomic E-state index is 12.8. The molecule has 142 valence electrons. The first-order valence-corrected chi connectivity index (χ1v) is 10.7. The van der Waals surface area contributed by atoms with Gasteiger partial charge in [0.05, 0.1) is 12.0 Å². The molecule has 4 aliphatic carbocycles. The summed E-state index contributed by atoms with van der Waals surface area (Å²) in [4.78, 5) is 24.8. The van der Waals surface area contributed by atoms with Crippen LogP contribution in [0.1, 0.15) is 72.1 Å². The topological polar surface area (TPSA) is 43.4 Å². The van der Waals surface area contributed by atoms with Crippen molar-refractivity contribution in [2.75, 3.05) is 6.61 Å². The Bertz CT molecular complexity index is 708. The van der Waals surface area contributed by atoms with E-state index in [2.05, 4.69) is 20.8 Å². The van der Waals surface area contributed by atoms with Crippen LogP contribution in [0.4, 0.5) is 0 Å². The SMILES string of the molecule is CC1CC2=CC(=O)CC[C@@]2(C)[C@H]2CC[C@]3(C)C(CCC34CCOC4=O)C12. The summed E-state index contributed by atoms with van der Waals surface area (Å²) in [5.74, 6) is 3.05. The number of ether oxygens (including phenoxy) is 1. The maximum absolute atomic E-state index is 12.8. The van der Waals surface area contributed by atoms with Gasteiger partial charge in [0.2, 0.25) is 0 Å².